The highest BCUT2D eigenvalue weighted by atomic mass is 35.5. The zero-order valence-corrected chi connectivity index (χ0v) is 25.6. The Kier molecular flexibility index (Phi) is 9.86. The Balaban J connectivity index is 1.57. The lowest BCUT2D eigenvalue weighted by atomic mass is 9.96. The molecule has 3 aromatic rings. The number of rotatable bonds is 9. The van der Waals surface area contributed by atoms with Crippen LogP contribution in [-0.2, 0) is 22.6 Å². The van der Waals surface area contributed by atoms with Gasteiger partial charge in [-0.25, -0.2) is 0 Å². The number of carbonyl (C=O) groups excluding carboxylic acids is 3. The number of carbonyl (C=O) groups is 3. The van der Waals surface area contributed by atoms with Gasteiger partial charge < -0.3 is 25.7 Å². The maximum atomic E-state index is 13.9. The van der Waals surface area contributed by atoms with E-state index in [9.17, 15) is 24.6 Å². The second kappa shape index (κ2) is 13.2. The number of halogens is 1. The smallest absolute Gasteiger partial charge is 0.254 e. The van der Waals surface area contributed by atoms with Crippen molar-refractivity contribution in [1.82, 2.24) is 15.5 Å². The number of nitrogens with zero attached hydrogens (tertiary/aromatic N) is 1. The highest BCUT2D eigenvalue weighted by Crippen LogP contribution is 2.40. The zero-order valence-electron chi connectivity index (χ0n) is 24.1. The van der Waals surface area contributed by atoms with E-state index in [0.29, 0.717) is 17.1 Å². The topological polar surface area (TPSA) is 119 Å². The molecule has 1 aliphatic heterocycles. The fourth-order valence-corrected chi connectivity index (χ4v) is 6.34. The number of aryl methyl sites for hydroxylation is 1. The number of phenols is 1. The summed E-state index contributed by atoms with van der Waals surface area (Å²) < 4.78 is -0.612. The van der Waals surface area contributed by atoms with Crippen molar-refractivity contribution in [2.75, 3.05) is 5.88 Å². The second-order valence-electron chi connectivity index (χ2n) is 11.0. The van der Waals surface area contributed by atoms with Crippen molar-refractivity contribution in [2.45, 2.75) is 63.6 Å². The number of aromatic hydroxyl groups is 1. The Morgan fingerprint density at radius 3 is 2.43 bits per heavy atom. The van der Waals surface area contributed by atoms with E-state index in [-0.39, 0.29) is 29.5 Å². The van der Waals surface area contributed by atoms with Crippen LogP contribution in [0.2, 0.25) is 5.02 Å². The monoisotopic (exact) mass is 609 g/mol. The molecule has 8 nitrogen and oxygen atoms in total. The molecule has 0 bridgehead atoms. The van der Waals surface area contributed by atoms with Crippen LogP contribution in [-0.4, -0.2) is 61.6 Å². The van der Waals surface area contributed by atoms with Crippen molar-refractivity contribution in [3.05, 3.63) is 99.6 Å². The molecule has 1 heterocycles. The highest BCUT2D eigenvalue weighted by Gasteiger charge is 2.49. The van der Waals surface area contributed by atoms with Crippen LogP contribution < -0.4 is 10.6 Å². The lowest BCUT2D eigenvalue weighted by molar-refractivity contribution is -0.147. The van der Waals surface area contributed by atoms with E-state index in [1.54, 1.807) is 43.3 Å². The van der Waals surface area contributed by atoms with Crippen molar-refractivity contribution >= 4 is 41.1 Å². The summed E-state index contributed by atoms with van der Waals surface area (Å²) in [5.41, 5.74) is 3.36. The van der Waals surface area contributed by atoms with E-state index in [1.807, 2.05) is 45.0 Å². The summed E-state index contributed by atoms with van der Waals surface area (Å²) in [6.07, 6.45) is -1.52. The minimum absolute atomic E-state index is 0.0376. The van der Waals surface area contributed by atoms with Gasteiger partial charge in [0.25, 0.3) is 11.8 Å². The Hall–Kier alpha value is -3.53. The molecule has 0 radical (unpaired) electrons. The van der Waals surface area contributed by atoms with Crippen molar-refractivity contribution in [1.29, 1.82) is 0 Å². The number of aliphatic hydroxyl groups excluding tert-OH is 1. The van der Waals surface area contributed by atoms with E-state index in [2.05, 4.69) is 10.6 Å². The first-order valence-electron chi connectivity index (χ1n) is 13.7. The Labute approximate surface area is 255 Å². The van der Waals surface area contributed by atoms with Gasteiger partial charge in [0.05, 0.1) is 11.9 Å². The number of nitrogens with one attached hydrogen (secondary N) is 2. The largest absolute Gasteiger partial charge is 0.508 e. The molecule has 222 valence electrons. The molecule has 10 heteroatoms. The number of thioether (sulfide) groups is 1. The molecule has 3 aromatic carbocycles. The molecule has 0 saturated carbocycles. The first-order valence-corrected chi connectivity index (χ1v) is 15.0. The highest BCUT2D eigenvalue weighted by molar-refractivity contribution is 8.00. The summed E-state index contributed by atoms with van der Waals surface area (Å²) in [5, 5.41) is 27.9. The SMILES string of the molecule is Cc1ccccc1CNC(=O)C1N(C(=O)[C@@H](O)[C@H](Cc2ccc(Cl)cc2)NC(=O)c2cccc(O)c2C)CSC1(C)C. The average molecular weight is 610 g/mol. The van der Waals surface area contributed by atoms with Crippen LogP contribution in [0.1, 0.15) is 46.5 Å². The predicted octanol–water partition coefficient (Wildman–Crippen LogP) is 4.36. The summed E-state index contributed by atoms with van der Waals surface area (Å²) in [6.45, 7) is 7.69. The minimum atomic E-state index is -1.65. The average Bonchev–Trinajstić information content (AvgIpc) is 3.28. The maximum Gasteiger partial charge on any atom is 0.254 e. The molecule has 1 aliphatic rings. The van der Waals surface area contributed by atoms with Gasteiger partial charge >= 0.3 is 0 Å². The third-order valence-corrected chi connectivity index (χ3v) is 9.29. The van der Waals surface area contributed by atoms with E-state index in [4.69, 9.17) is 11.6 Å². The molecule has 4 N–H and O–H groups in total. The van der Waals surface area contributed by atoms with Crippen LogP contribution in [0.25, 0.3) is 0 Å². The van der Waals surface area contributed by atoms with E-state index in [1.165, 1.54) is 22.7 Å². The van der Waals surface area contributed by atoms with Crippen LogP contribution in [0.3, 0.4) is 0 Å². The van der Waals surface area contributed by atoms with E-state index >= 15 is 0 Å². The first-order chi connectivity index (χ1) is 19.9. The standard InChI is InChI=1S/C32H36ClN3O5S/c1-19-8-5-6-9-22(19)17-34-30(40)28-32(3,4)42-18-36(28)31(41)27(38)25(16-21-12-14-23(33)15-13-21)35-29(39)24-10-7-11-26(37)20(24)2/h5-15,25,27-28,37-38H,16-18H2,1-4H3,(H,34,40)(H,35,39)/t25-,27-,28?/m0/s1. The lowest BCUT2D eigenvalue weighted by Gasteiger charge is -2.33. The van der Waals surface area contributed by atoms with E-state index in [0.717, 1.165) is 16.7 Å². The fraction of sp³-hybridized carbons (Fsp3) is 0.344. The summed E-state index contributed by atoms with van der Waals surface area (Å²) in [4.78, 5) is 42.1. The van der Waals surface area contributed by atoms with Gasteiger partial charge in [0.15, 0.2) is 6.10 Å². The van der Waals surface area contributed by atoms with Gasteiger partial charge in [0.1, 0.15) is 11.8 Å². The van der Waals surface area contributed by atoms with Gasteiger partial charge in [-0.2, -0.15) is 0 Å². The number of amides is 3. The summed E-state index contributed by atoms with van der Waals surface area (Å²) >= 11 is 7.50. The third kappa shape index (κ3) is 7.09. The number of hydrogen-bond donors (Lipinski definition) is 4. The molecule has 42 heavy (non-hydrogen) atoms. The number of phenolic OH excluding ortho intramolecular Hbond substituents is 1. The molecule has 1 unspecified atom stereocenters. The summed E-state index contributed by atoms with van der Waals surface area (Å²) in [5.74, 6) is -1.35. The van der Waals surface area contributed by atoms with Gasteiger partial charge in [0, 0.05) is 27.4 Å². The molecule has 0 spiro atoms. The molecular weight excluding hydrogens is 574 g/mol. The van der Waals surface area contributed by atoms with Crippen LogP contribution in [0.4, 0.5) is 0 Å². The summed E-state index contributed by atoms with van der Waals surface area (Å²) in [6, 6.07) is 17.4. The van der Waals surface area contributed by atoms with Crippen LogP contribution in [0, 0.1) is 13.8 Å². The molecule has 0 aromatic heterocycles. The molecule has 1 saturated heterocycles. The zero-order chi connectivity index (χ0) is 30.6. The third-order valence-electron chi connectivity index (χ3n) is 7.66. The molecule has 3 atom stereocenters. The summed E-state index contributed by atoms with van der Waals surface area (Å²) in [7, 11) is 0. The Morgan fingerprint density at radius 1 is 1.05 bits per heavy atom. The van der Waals surface area contributed by atoms with Crippen molar-refractivity contribution in [3.63, 3.8) is 0 Å². The Bertz CT molecular complexity index is 1460. The van der Waals surface area contributed by atoms with Gasteiger partial charge in [-0.3, -0.25) is 14.4 Å². The number of benzene rings is 3. The molecule has 4 rings (SSSR count). The lowest BCUT2D eigenvalue weighted by Crippen LogP contribution is -2.58. The predicted molar refractivity (Wildman–Crippen MR) is 165 cm³/mol. The van der Waals surface area contributed by atoms with Crippen molar-refractivity contribution in [2.24, 2.45) is 0 Å². The van der Waals surface area contributed by atoms with Gasteiger partial charge in [0.2, 0.25) is 5.91 Å². The van der Waals surface area contributed by atoms with E-state index < -0.39 is 34.7 Å². The first kappa shape index (κ1) is 31.4. The second-order valence-corrected chi connectivity index (χ2v) is 13.1. The number of aliphatic hydroxyl groups is 1. The van der Waals surface area contributed by atoms with Crippen molar-refractivity contribution in [3.8, 4) is 5.75 Å². The normalized spacial score (nSPS) is 17.4. The molecule has 0 aliphatic carbocycles. The molecule has 1 fully saturated rings. The van der Waals surface area contributed by atoms with Crippen molar-refractivity contribution < 1.29 is 24.6 Å². The molecule has 3 amide bonds. The Morgan fingerprint density at radius 2 is 1.74 bits per heavy atom. The number of hydrogen-bond acceptors (Lipinski definition) is 6. The van der Waals surface area contributed by atoms with Crippen LogP contribution in [0.15, 0.2) is 66.7 Å². The maximum absolute atomic E-state index is 13.9. The fourth-order valence-electron chi connectivity index (χ4n) is 5.07. The minimum Gasteiger partial charge on any atom is -0.508 e. The quantitative estimate of drug-likeness (QED) is 0.286. The van der Waals surface area contributed by atoms with Crippen LogP contribution >= 0.6 is 23.4 Å². The molecular formula is C32H36ClN3O5S. The van der Waals surface area contributed by atoms with Crippen LogP contribution in [0.5, 0.6) is 5.75 Å². The van der Waals surface area contributed by atoms with Gasteiger partial charge in [-0.15, -0.1) is 11.8 Å². The van der Waals surface area contributed by atoms with Gasteiger partial charge in [-0.05, 0) is 75.1 Å². The van der Waals surface area contributed by atoms with Gasteiger partial charge in [-0.1, -0.05) is 54.1 Å².